The van der Waals surface area contributed by atoms with E-state index in [0.29, 0.717) is 4.47 Å². The van der Waals surface area contributed by atoms with Gasteiger partial charge in [-0.05, 0) is 34.1 Å². The number of hydrogen-bond acceptors (Lipinski definition) is 3. The van der Waals surface area contributed by atoms with Crippen LogP contribution in [0.3, 0.4) is 0 Å². The van der Waals surface area contributed by atoms with Gasteiger partial charge in [0.25, 0.3) is 0 Å². The van der Waals surface area contributed by atoms with Crippen LogP contribution in [0.25, 0.3) is 0 Å². The number of rotatable bonds is 1. The number of phenolic OH excluding ortho intramolecular Hbond substituents is 1. The van der Waals surface area contributed by atoms with Crippen molar-refractivity contribution in [1.82, 2.24) is 0 Å². The molecule has 0 saturated heterocycles. The highest BCUT2D eigenvalue weighted by Crippen LogP contribution is 2.25. The maximum atomic E-state index is 9.02. The molecular weight excluding hydrogens is 196 g/mol. The van der Waals surface area contributed by atoms with E-state index in [9.17, 15) is 0 Å². The molecule has 0 amide bonds. The average molecular weight is 203 g/mol. The molecule has 0 aliphatic heterocycles. The van der Waals surface area contributed by atoms with Gasteiger partial charge in [0, 0.05) is 5.69 Å². The van der Waals surface area contributed by atoms with Gasteiger partial charge in [0.1, 0.15) is 5.75 Å². The van der Waals surface area contributed by atoms with E-state index in [-0.39, 0.29) is 5.75 Å². The summed E-state index contributed by atoms with van der Waals surface area (Å²) >= 11 is 3.14. The van der Waals surface area contributed by atoms with Crippen molar-refractivity contribution in [3.63, 3.8) is 0 Å². The topological polar surface area (TPSA) is 58.3 Å². The second-order valence-corrected chi connectivity index (χ2v) is 2.66. The number of phenols is 1. The molecule has 1 aromatic rings. The van der Waals surface area contributed by atoms with Crippen LogP contribution in [0.15, 0.2) is 22.7 Å². The highest BCUT2D eigenvalue weighted by molar-refractivity contribution is 9.10. The predicted molar refractivity (Wildman–Crippen MR) is 43.6 cm³/mol. The van der Waals surface area contributed by atoms with E-state index < -0.39 is 0 Å². The molecule has 0 atom stereocenters. The van der Waals surface area contributed by atoms with E-state index in [1.807, 2.05) is 0 Å². The molecule has 0 heterocycles. The Bertz CT molecular complexity index is 239. The van der Waals surface area contributed by atoms with Crippen LogP contribution in [0.5, 0.6) is 5.75 Å². The monoisotopic (exact) mass is 202 g/mol. The minimum Gasteiger partial charge on any atom is -0.507 e. The third-order valence-electron chi connectivity index (χ3n) is 1.11. The average Bonchev–Trinajstić information content (AvgIpc) is 1.95. The van der Waals surface area contributed by atoms with Crippen LogP contribution in [0.1, 0.15) is 0 Å². The van der Waals surface area contributed by atoms with Gasteiger partial charge >= 0.3 is 0 Å². The summed E-state index contributed by atoms with van der Waals surface area (Å²) in [7, 11) is 0. The number of nitrogens with two attached hydrogens (primary N) is 1. The third kappa shape index (κ3) is 1.40. The second kappa shape index (κ2) is 2.90. The molecule has 0 spiro atoms. The minimum atomic E-state index is 0.207. The number of nitrogens with one attached hydrogen (secondary N) is 1. The Kier molecular flexibility index (Phi) is 2.13. The zero-order valence-electron chi connectivity index (χ0n) is 5.13. The zero-order valence-corrected chi connectivity index (χ0v) is 6.72. The van der Waals surface area contributed by atoms with Crippen molar-refractivity contribution in [2.75, 3.05) is 5.43 Å². The van der Waals surface area contributed by atoms with Crippen LogP contribution in [-0.4, -0.2) is 5.11 Å². The lowest BCUT2D eigenvalue weighted by Crippen LogP contribution is -2.05. The van der Waals surface area contributed by atoms with E-state index in [1.165, 1.54) is 0 Å². The molecule has 10 heavy (non-hydrogen) atoms. The number of aromatic hydroxyl groups is 1. The van der Waals surface area contributed by atoms with Gasteiger partial charge in [-0.2, -0.15) is 0 Å². The van der Waals surface area contributed by atoms with E-state index in [0.717, 1.165) is 5.69 Å². The Balaban J connectivity index is 3.04. The number of hydrazine groups is 1. The summed E-state index contributed by atoms with van der Waals surface area (Å²) in [5.41, 5.74) is 3.21. The molecule has 54 valence electrons. The molecule has 0 aliphatic rings. The molecule has 0 bridgehead atoms. The van der Waals surface area contributed by atoms with Crippen LogP contribution in [0.4, 0.5) is 5.69 Å². The first-order chi connectivity index (χ1) is 4.74. The molecule has 3 nitrogen and oxygen atoms in total. The van der Waals surface area contributed by atoms with E-state index in [2.05, 4.69) is 21.4 Å². The molecule has 0 radical (unpaired) electrons. The lowest BCUT2D eigenvalue weighted by Gasteiger charge is -2.00. The quantitative estimate of drug-likeness (QED) is 0.367. The summed E-state index contributed by atoms with van der Waals surface area (Å²) in [6, 6.07) is 4.93. The summed E-state index contributed by atoms with van der Waals surface area (Å²) < 4.78 is 0.628. The van der Waals surface area contributed by atoms with E-state index in [4.69, 9.17) is 10.9 Å². The van der Waals surface area contributed by atoms with Crippen molar-refractivity contribution in [2.45, 2.75) is 0 Å². The van der Waals surface area contributed by atoms with Gasteiger partial charge in [-0.3, -0.25) is 5.84 Å². The van der Waals surface area contributed by atoms with Crippen molar-refractivity contribution in [2.24, 2.45) is 5.84 Å². The minimum absolute atomic E-state index is 0.207. The van der Waals surface area contributed by atoms with Gasteiger partial charge in [-0.25, -0.2) is 0 Å². The Morgan fingerprint density at radius 2 is 2.20 bits per heavy atom. The normalized spacial score (nSPS) is 9.40. The maximum absolute atomic E-state index is 9.02. The lowest BCUT2D eigenvalue weighted by molar-refractivity contribution is 0.472. The standard InChI is InChI=1S/C6H7BrN2O/c7-5-3-4(9-8)1-2-6(5)10/h1-3,9-10H,8H2. The summed E-state index contributed by atoms with van der Waals surface area (Å²) in [4.78, 5) is 0. The van der Waals surface area contributed by atoms with Crippen LogP contribution < -0.4 is 11.3 Å². The maximum Gasteiger partial charge on any atom is 0.129 e. The van der Waals surface area contributed by atoms with Gasteiger partial charge in [0.2, 0.25) is 0 Å². The number of benzene rings is 1. The van der Waals surface area contributed by atoms with Crippen molar-refractivity contribution in [3.8, 4) is 5.75 Å². The third-order valence-corrected chi connectivity index (χ3v) is 1.75. The SMILES string of the molecule is NNc1ccc(O)c(Br)c1. The Hall–Kier alpha value is -0.740. The molecule has 1 rings (SSSR count). The molecule has 0 unspecified atom stereocenters. The molecule has 1 aromatic carbocycles. The van der Waals surface area contributed by atoms with Crippen molar-refractivity contribution < 1.29 is 5.11 Å². The molecule has 0 aliphatic carbocycles. The highest BCUT2D eigenvalue weighted by atomic mass is 79.9. The fraction of sp³-hybridized carbons (Fsp3) is 0. The largest absolute Gasteiger partial charge is 0.507 e. The summed E-state index contributed by atoms with van der Waals surface area (Å²) in [5, 5.41) is 9.02. The zero-order chi connectivity index (χ0) is 7.56. The first kappa shape index (κ1) is 7.37. The summed E-state index contributed by atoms with van der Waals surface area (Å²) in [5.74, 6) is 5.32. The summed E-state index contributed by atoms with van der Waals surface area (Å²) in [6.45, 7) is 0. The molecule has 4 heteroatoms. The highest BCUT2D eigenvalue weighted by Gasteiger charge is 1.96. The van der Waals surface area contributed by atoms with Crippen LogP contribution >= 0.6 is 15.9 Å². The Morgan fingerprint density at radius 3 is 2.70 bits per heavy atom. The number of hydrogen-bond donors (Lipinski definition) is 3. The van der Waals surface area contributed by atoms with Crippen LogP contribution in [0.2, 0.25) is 0 Å². The first-order valence-corrected chi connectivity index (χ1v) is 3.48. The first-order valence-electron chi connectivity index (χ1n) is 2.69. The van der Waals surface area contributed by atoms with Gasteiger partial charge in [-0.15, -0.1) is 0 Å². The van der Waals surface area contributed by atoms with E-state index >= 15 is 0 Å². The molecule has 4 N–H and O–H groups in total. The van der Waals surface area contributed by atoms with Crippen LogP contribution in [0, 0.1) is 0 Å². The van der Waals surface area contributed by atoms with E-state index in [1.54, 1.807) is 18.2 Å². The molecule has 0 fully saturated rings. The van der Waals surface area contributed by atoms with Crippen LogP contribution in [-0.2, 0) is 0 Å². The van der Waals surface area contributed by atoms with Crippen molar-refractivity contribution >= 4 is 21.6 Å². The van der Waals surface area contributed by atoms with Gasteiger partial charge < -0.3 is 10.5 Å². The van der Waals surface area contributed by atoms with Gasteiger partial charge in [0.15, 0.2) is 0 Å². The predicted octanol–water partition coefficient (Wildman–Crippen LogP) is 1.44. The smallest absolute Gasteiger partial charge is 0.129 e. The van der Waals surface area contributed by atoms with Gasteiger partial charge in [0.05, 0.1) is 4.47 Å². The van der Waals surface area contributed by atoms with Crippen molar-refractivity contribution in [1.29, 1.82) is 0 Å². The number of halogens is 1. The number of anilines is 1. The van der Waals surface area contributed by atoms with Gasteiger partial charge in [-0.1, -0.05) is 0 Å². The summed E-state index contributed by atoms with van der Waals surface area (Å²) in [6.07, 6.45) is 0. The lowest BCUT2D eigenvalue weighted by atomic mass is 10.3. The fourth-order valence-electron chi connectivity index (χ4n) is 0.597. The molecule has 0 saturated carbocycles. The number of nitrogen functional groups attached to an aromatic ring is 1. The fourth-order valence-corrected chi connectivity index (χ4v) is 0.975. The molecule has 0 aromatic heterocycles. The second-order valence-electron chi connectivity index (χ2n) is 1.81. The molecular formula is C6H7BrN2O. The Morgan fingerprint density at radius 1 is 1.50 bits per heavy atom. The Labute approximate surface area is 67.0 Å². The van der Waals surface area contributed by atoms with Crippen molar-refractivity contribution in [3.05, 3.63) is 22.7 Å².